The van der Waals surface area contributed by atoms with Gasteiger partial charge in [0.15, 0.2) is 0 Å². The molecule has 0 aliphatic rings. The number of hydrogen-bond acceptors (Lipinski definition) is 2. The SMILES string of the molecule is CC(N)C(=O)O.F. The normalized spacial score (nSPS) is 11.7. The first kappa shape index (κ1) is 9.61. The summed E-state index contributed by atoms with van der Waals surface area (Å²) in [5.74, 6) is -0.963. The largest absolute Gasteiger partial charge is 0.480 e. The molecule has 0 radical (unpaired) electrons. The van der Waals surface area contributed by atoms with Gasteiger partial charge in [-0.3, -0.25) is 9.50 Å². The predicted molar refractivity (Wildman–Crippen MR) is 23.8 cm³/mol. The minimum absolute atomic E-state index is 0. The fourth-order valence-corrected chi connectivity index (χ4v) is 0. The molecule has 0 heterocycles. The zero-order valence-electron chi connectivity index (χ0n) is 3.92. The van der Waals surface area contributed by atoms with Crippen LogP contribution in [0.4, 0.5) is 4.70 Å². The lowest BCUT2D eigenvalue weighted by molar-refractivity contribution is -0.138. The number of carboxylic acids is 1. The fourth-order valence-electron chi connectivity index (χ4n) is 0. The highest BCUT2D eigenvalue weighted by Gasteiger charge is 1.99. The Hall–Kier alpha value is -0.640. The molecule has 0 aromatic heterocycles. The summed E-state index contributed by atoms with van der Waals surface area (Å²) in [4.78, 5) is 9.57. The Morgan fingerprint density at radius 3 is 2.00 bits per heavy atom. The van der Waals surface area contributed by atoms with Crippen molar-refractivity contribution < 1.29 is 14.6 Å². The number of rotatable bonds is 1. The average molecular weight is 109 g/mol. The second-order valence-corrected chi connectivity index (χ2v) is 1.13. The number of halogens is 1. The molecular weight excluding hydrogens is 101 g/mol. The summed E-state index contributed by atoms with van der Waals surface area (Å²) in [6.45, 7) is 1.42. The van der Waals surface area contributed by atoms with Crippen LogP contribution in [0, 0.1) is 0 Å². The molecule has 0 aromatic rings. The number of carbonyl (C=O) groups is 1. The van der Waals surface area contributed by atoms with Gasteiger partial charge < -0.3 is 10.8 Å². The Kier molecular flexibility index (Phi) is 4.87. The summed E-state index contributed by atoms with van der Waals surface area (Å²) >= 11 is 0. The lowest BCUT2D eigenvalue weighted by Gasteiger charge is -1.90. The lowest BCUT2D eigenvalue weighted by atomic mass is 10.4. The van der Waals surface area contributed by atoms with Gasteiger partial charge in [0.2, 0.25) is 0 Å². The summed E-state index contributed by atoms with van der Waals surface area (Å²) in [6.07, 6.45) is 0. The van der Waals surface area contributed by atoms with Crippen molar-refractivity contribution in [2.75, 3.05) is 0 Å². The standard InChI is InChI=1S/C3H7NO2.FH/c1-2(4)3(5)6;/h2H,4H2,1H3,(H,5,6);1H. The van der Waals surface area contributed by atoms with E-state index in [0.29, 0.717) is 0 Å². The Morgan fingerprint density at radius 2 is 2.00 bits per heavy atom. The second kappa shape index (κ2) is 3.55. The van der Waals surface area contributed by atoms with E-state index >= 15 is 0 Å². The van der Waals surface area contributed by atoms with Crippen LogP contribution in [-0.4, -0.2) is 17.1 Å². The molecule has 0 spiro atoms. The highest BCUT2D eigenvalue weighted by Crippen LogP contribution is 1.68. The molecule has 0 aliphatic heterocycles. The third-order valence-corrected chi connectivity index (χ3v) is 0.390. The first-order valence-corrected chi connectivity index (χ1v) is 1.63. The van der Waals surface area contributed by atoms with E-state index in [0.717, 1.165) is 0 Å². The van der Waals surface area contributed by atoms with Gasteiger partial charge in [0.05, 0.1) is 0 Å². The molecule has 3 nitrogen and oxygen atoms in total. The van der Waals surface area contributed by atoms with Crippen LogP contribution in [0.15, 0.2) is 0 Å². The van der Waals surface area contributed by atoms with Gasteiger partial charge in [-0.2, -0.15) is 0 Å². The van der Waals surface area contributed by atoms with Crippen molar-refractivity contribution in [1.82, 2.24) is 0 Å². The maximum atomic E-state index is 9.57. The van der Waals surface area contributed by atoms with Crippen molar-refractivity contribution in [3.8, 4) is 0 Å². The van der Waals surface area contributed by atoms with Crippen LogP contribution in [0.2, 0.25) is 0 Å². The summed E-state index contributed by atoms with van der Waals surface area (Å²) in [5.41, 5.74) is 4.84. The minimum atomic E-state index is -0.963. The van der Waals surface area contributed by atoms with E-state index < -0.39 is 12.0 Å². The van der Waals surface area contributed by atoms with Crippen LogP contribution < -0.4 is 5.73 Å². The number of hydrogen-bond donors (Lipinski definition) is 2. The molecule has 0 amide bonds. The van der Waals surface area contributed by atoms with Gasteiger partial charge in [-0.05, 0) is 6.92 Å². The number of carboxylic acid groups (broad SMARTS) is 1. The molecule has 0 aromatic carbocycles. The van der Waals surface area contributed by atoms with Crippen LogP contribution >= 0.6 is 0 Å². The summed E-state index contributed by atoms with van der Waals surface area (Å²) < 4.78 is 0. The van der Waals surface area contributed by atoms with Crippen LogP contribution in [0.3, 0.4) is 0 Å². The van der Waals surface area contributed by atoms with Crippen LogP contribution in [0.25, 0.3) is 0 Å². The zero-order chi connectivity index (χ0) is 5.15. The van der Waals surface area contributed by atoms with Gasteiger partial charge in [-0.1, -0.05) is 0 Å². The first-order valence-electron chi connectivity index (χ1n) is 1.63. The summed E-state index contributed by atoms with van der Waals surface area (Å²) in [7, 11) is 0. The van der Waals surface area contributed by atoms with E-state index in [1.165, 1.54) is 6.92 Å². The third-order valence-electron chi connectivity index (χ3n) is 0.390. The molecule has 0 saturated heterocycles. The molecule has 0 saturated carbocycles. The van der Waals surface area contributed by atoms with Gasteiger partial charge in [-0.25, -0.2) is 0 Å². The van der Waals surface area contributed by atoms with E-state index in [-0.39, 0.29) is 4.70 Å². The minimum Gasteiger partial charge on any atom is -0.480 e. The Bertz CT molecular complexity index is 64.0. The van der Waals surface area contributed by atoms with Crippen LogP contribution in [-0.2, 0) is 4.79 Å². The van der Waals surface area contributed by atoms with Crippen molar-refractivity contribution >= 4 is 5.97 Å². The summed E-state index contributed by atoms with van der Waals surface area (Å²) in [5, 5.41) is 7.87. The molecule has 7 heavy (non-hydrogen) atoms. The smallest absolute Gasteiger partial charge is 0.320 e. The maximum Gasteiger partial charge on any atom is 0.320 e. The molecular formula is C3H8FNO2. The van der Waals surface area contributed by atoms with Gasteiger partial charge in [0.1, 0.15) is 6.04 Å². The Morgan fingerprint density at radius 1 is 1.86 bits per heavy atom. The van der Waals surface area contributed by atoms with Crippen molar-refractivity contribution in [2.45, 2.75) is 13.0 Å². The lowest BCUT2D eigenvalue weighted by Crippen LogP contribution is -2.25. The molecule has 0 rings (SSSR count). The van der Waals surface area contributed by atoms with E-state index in [2.05, 4.69) is 0 Å². The van der Waals surface area contributed by atoms with Crippen molar-refractivity contribution in [3.05, 3.63) is 0 Å². The molecule has 4 heteroatoms. The molecule has 3 N–H and O–H groups in total. The topological polar surface area (TPSA) is 63.3 Å². The van der Waals surface area contributed by atoms with Crippen LogP contribution in [0.1, 0.15) is 6.92 Å². The van der Waals surface area contributed by atoms with Crippen molar-refractivity contribution in [2.24, 2.45) is 5.73 Å². The third kappa shape index (κ3) is 5.36. The van der Waals surface area contributed by atoms with Crippen molar-refractivity contribution in [1.29, 1.82) is 0 Å². The molecule has 0 fully saturated rings. The predicted octanol–water partition coefficient (Wildman–Crippen LogP) is -0.429. The van der Waals surface area contributed by atoms with Gasteiger partial charge in [0, 0.05) is 0 Å². The number of nitrogens with two attached hydrogens (primary N) is 1. The highest BCUT2D eigenvalue weighted by atomic mass is 19.0. The van der Waals surface area contributed by atoms with Gasteiger partial charge >= 0.3 is 5.97 Å². The second-order valence-electron chi connectivity index (χ2n) is 1.13. The zero-order valence-corrected chi connectivity index (χ0v) is 3.92. The number of aliphatic carboxylic acids is 1. The first-order chi connectivity index (χ1) is 2.64. The Labute approximate surface area is 40.5 Å². The van der Waals surface area contributed by atoms with E-state index in [1.807, 2.05) is 0 Å². The molecule has 1 unspecified atom stereocenters. The monoisotopic (exact) mass is 109 g/mol. The average Bonchev–Trinajstić information content (AvgIpc) is 1.36. The van der Waals surface area contributed by atoms with Gasteiger partial charge in [-0.15, -0.1) is 0 Å². The van der Waals surface area contributed by atoms with E-state index in [1.54, 1.807) is 0 Å². The maximum absolute atomic E-state index is 9.57. The van der Waals surface area contributed by atoms with E-state index in [9.17, 15) is 4.79 Å². The quantitative estimate of drug-likeness (QED) is 0.480. The molecule has 1 atom stereocenters. The highest BCUT2D eigenvalue weighted by molar-refractivity contribution is 5.72. The molecule has 0 bridgehead atoms. The van der Waals surface area contributed by atoms with Gasteiger partial charge in [0.25, 0.3) is 0 Å². The fraction of sp³-hybridized carbons (Fsp3) is 0.667. The molecule has 0 aliphatic carbocycles. The van der Waals surface area contributed by atoms with E-state index in [4.69, 9.17) is 10.8 Å². The summed E-state index contributed by atoms with van der Waals surface area (Å²) in [6, 6.07) is -0.731. The van der Waals surface area contributed by atoms with Crippen LogP contribution in [0.5, 0.6) is 0 Å². The molecule has 44 valence electrons. The Balaban J connectivity index is 0. The van der Waals surface area contributed by atoms with Crippen molar-refractivity contribution in [3.63, 3.8) is 0 Å².